The summed E-state index contributed by atoms with van der Waals surface area (Å²) >= 11 is 1.33. The highest BCUT2D eigenvalue weighted by Gasteiger charge is 2.43. The predicted octanol–water partition coefficient (Wildman–Crippen LogP) is 4.13. The Balaban J connectivity index is 1.47. The predicted molar refractivity (Wildman–Crippen MR) is 125 cm³/mol. The maximum Gasteiger partial charge on any atom is 0.253 e. The number of fused-ring (bicyclic) bond motifs is 1. The molecule has 1 aliphatic heterocycles. The number of nitrogens with zero attached hydrogens (tertiary/aromatic N) is 6. The molecule has 2 aromatic carbocycles. The van der Waals surface area contributed by atoms with Crippen molar-refractivity contribution in [1.29, 1.82) is 0 Å². The zero-order chi connectivity index (χ0) is 21.9. The summed E-state index contributed by atoms with van der Waals surface area (Å²) in [6.45, 7) is 0. The zero-order valence-corrected chi connectivity index (χ0v) is 18.7. The van der Waals surface area contributed by atoms with Crippen LogP contribution in [0.25, 0.3) is 6.08 Å². The third kappa shape index (κ3) is 4.10. The van der Waals surface area contributed by atoms with Crippen LogP contribution in [0.2, 0.25) is 0 Å². The first kappa shape index (κ1) is 20.6. The van der Waals surface area contributed by atoms with Crippen molar-refractivity contribution in [2.24, 2.45) is 18.1 Å². The number of hydrogen-bond donors (Lipinski definition) is 0. The number of thioether (sulfide) groups is 1. The van der Waals surface area contributed by atoms with Crippen LogP contribution in [-0.2, 0) is 11.8 Å². The maximum atomic E-state index is 13.3. The van der Waals surface area contributed by atoms with Crippen molar-refractivity contribution in [1.82, 2.24) is 25.2 Å². The van der Waals surface area contributed by atoms with Crippen molar-refractivity contribution < 1.29 is 4.79 Å². The average Bonchev–Trinajstić information content (AvgIpc) is 3.43. The molecule has 162 valence electrons. The number of hydrazone groups is 1. The number of aryl methyl sites for hydroxylation is 1. The van der Waals surface area contributed by atoms with Crippen LogP contribution >= 0.6 is 11.8 Å². The second kappa shape index (κ2) is 9.08. The van der Waals surface area contributed by atoms with Crippen molar-refractivity contribution >= 4 is 29.5 Å². The Labute approximate surface area is 191 Å². The van der Waals surface area contributed by atoms with Crippen molar-refractivity contribution in [3.05, 3.63) is 77.4 Å². The van der Waals surface area contributed by atoms with E-state index in [1.54, 1.807) is 16.7 Å². The quantitative estimate of drug-likeness (QED) is 0.553. The van der Waals surface area contributed by atoms with E-state index in [4.69, 9.17) is 5.10 Å². The number of benzene rings is 2. The van der Waals surface area contributed by atoms with E-state index in [2.05, 4.69) is 45.9 Å². The summed E-state index contributed by atoms with van der Waals surface area (Å²) < 4.78 is 1.57. The van der Waals surface area contributed by atoms with Crippen LogP contribution in [0.4, 0.5) is 0 Å². The molecule has 0 spiro atoms. The number of carbonyl (C=O) groups is 1. The first-order valence-electron chi connectivity index (χ1n) is 10.8. The van der Waals surface area contributed by atoms with Crippen LogP contribution in [0.1, 0.15) is 36.4 Å². The Hall–Kier alpha value is -3.26. The zero-order valence-electron chi connectivity index (χ0n) is 17.8. The van der Waals surface area contributed by atoms with Gasteiger partial charge in [-0.15, -0.1) is 5.10 Å². The molecule has 1 fully saturated rings. The lowest BCUT2D eigenvalue weighted by Gasteiger charge is -2.29. The molecule has 1 aromatic heterocycles. The lowest BCUT2D eigenvalue weighted by atomic mass is 9.77. The normalized spacial score (nSPS) is 21.5. The summed E-state index contributed by atoms with van der Waals surface area (Å²) in [5, 5.41) is 18.7. The van der Waals surface area contributed by atoms with E-state index in [9.17, 15) is 4.79 Å². The third-order valence-corrected chi connectivity index (χ3v) is 6.94. The second-order valence-corrected chi connectivity index (χ2v) is 8.97. The highest BCUT2D eigenvalue weighted by molar-refractivity contribution is 7.99. The van der Waals surface area contributed by atoms with Gasteiger partial charge >= 0.3 is 0 Å². The standard InChI is InChI=1S/C24H24N6OS/c1-29-24(25-27-28-29)32-16-21(31)30-23(18-11-6-3-7-12-18)20-14-8-13-19(22(20)26-30)15-17-9-4-2-5-10-17/h2-7,9-12,15,20,23H,8,13-14,16H2,1H3/b19-15+. The Morgan fingerprint density at radius 2 is 1.88 bits per heavy atom. The molecule has 32 heavy (non-hydrogen) atoms. The van der Waals surface area contributed by atoms with E-state index in [1.165, 1.54) is 17.3 Å². The molecule has 3 aromatic rings. The molecule has 2 aliphatic rings. The van der Waals surface area contributed by atoms with Gasteiger partial charge in [-0.05, 0) is 52.5 Å². The highest BCUT2D eigenvalue weighted by atomic mass is 32.2. The second-order valence-electron chi connectivity index (χ2n) is 8.03. The van der Waals surface area contributed by atoms with Crippen molar-refractivity contribution in [3.8, 4) is 0 Å². The Bertz CT molecular complexity index is 1160. The van der Waals surface area contributed by atoms with Gasteiger partial charge in [0.2, 0.25) is 5.16 Å². The molecule has 0 N–H and O–H groups in total. The van der Waals surface area contributed by atoms with Gasteiger partial charge in [-0.2, -0.15) is 5.10 Å². The maximum absolute atomic E-state index is 13.3. The van der Waals surface area contributed by atoms with Gasteiger partial charge in [0.1, 0.15) is 0 Å². The number of tetrazole rings is 1. The van der Waals surface area contributed by atoms with Crippen molar-refractivity contribution in [3.63, 3.8) is 0 Å². The molecule has 2 atom stereocenters. The minimum absolute atomic E-state index is 0.0344. The number of amides is 1. The molecule has 2 heterocycles. The Kier molecular flexibility index (Phi) is 5.85. The smallest absolute Gasteiger partial charge is 0.253 e. The number of hydrogen-bond acceptors (Lipinski definition) is 6. The van der Waals surface area contributed by atoms with Crippen LogP contribution in [-0.4, -0.2) is 42.6 Å². The molecule has 0 radical (unpaired) electrons. The largest absolute Gasteiger partial charge is 0.272 e. The van der Waals surface area contributed by atoms with Crippen LogP contribution < -0.4 is 0 Å². The van der Waals surface area contributed by atoms with Gasteiger partial charge in [0.15, 0.2) is 0 Å². The fourth-order valence-electron chi connectivity index (χ4n) is 4.48. The molecule has 5 rings (SSSR count). The van der Waals surface area contributed by atoms with Gasteiger partial charge < -0.3 is 0 Å². The topological polar surface area (TPSA) is 76.3 Å². The molecular formula is C24H24N6OS. The number of rotatable bonds is 5. The Morgan fingerprint density at radius 1 is 1.12 bits per heavy atom. The Morgan fingerprint density at radius 3 is 2.59 bits per heavy atom. The van der Waals surface area contributed by atoms with Crippen LogP contribution in [0.5, 0.6) is 0 Å². The molecule has 1 amide bonds. The molecule has 1 saturated carbocycles. The van der Waals surface area contributed by atoms with Crippen molar-refractivity contribution in [2.45, 2.75) is 30.5 Å². The first-order chi connectivity index (χ1) is 15.7. The third-order valence-electron chi connectivity index (χ3n) is 5.94. The lowest BCUT2D eigenvalue weighted by Crippen LogP contribution is -2.32. The SMILES string of the molecule is Cn1nnnc1SCC(=O)N1N=C2/C(=C/c3ccccc3)CCCC2C1c1ccccc1. The molecular weight excluding hydrogens is 420 g/mol. The summed E-state index contributed by atoms with van der Waals surface area (Å²) in [7, 11) is 1.77. The summed E-state index contributed by atoms with van der Waals surface area (Å²) in [4.78, 5) is 13.3. The van der Waals surface area contributed by atoms with E-state index in [1.807, 2.05) is 36.4 Å². The first-order valence-corrected chi connectivity index (χ1v) is 11.8. The van der Waals surface area contributed by atoms with Crippen LogP contribution in [0.3, 0.4) is 0 Å². The van der Waals surface area contributed by atoms with E-state index in [-0.39, 0.29) is 23.6 Å². The number of allylic oxidation sites excluding steroid dienone is 1. The minimum Gasteiger partial charge on any atom is -0.272 e. The summed E-state index contributed by atoms with van der Waals surface area (Å²) in [6, 6.07) is 20.5. The van der Waals surface area contributed by atoms with Gasteiger partial charge in [0.25, 0.3) is 5.91 Å². The van der Waals surface area contributed by atoms with Gasteiger partial charge in [0, 0.05) is 13.0 Å². The summed E-state index contributed by atoms with van der Waals surface area (Å²) in [6.07, 6.45) is 5.32. The van der Waals surface area contributed by atoms with Gasteiger partial charge in [-0.1, -0.05) is 72.4 Å². The fraction of sp³-hybridized carbons (Fsp3) is 0.292. The molecule has 7 nitrogen and oxygen atoms in total. The minimum atomic E-state index is -0.0867. The number of aromatic nitrogens is 4. The monoisotopic (exact) mass is 444 g/mol. The lowest BCUT2D eigenvalue weighted by molar-refractivity contribution is -0.130. The van der Waals surface area contributed by atoms with Gasteiger partial charge in [-0.25, -0.2) is 9.69 Å². The van der Waals surface area contributed by atoms with E-state index in [0.29, 0.717) is 5.16 Å². The van der Waals surface area contributed by atoms with Crippen LogP contribution in [0.15, 0.2) is 76.5 Å². The molecule has 0 saturated heterocycles. The summed E-state index contributed by atoms with van der Waals surface area (Å²) in [5.41, 5.74) is 4.56. The van der Waals surface area contributed by atoms with Crippen LogP contribution in [0, 0.1) is 5.92 Å². The van der Waals surface area contributed by atoms with E-state index < -0.39 is 0 Å². The average molecular weight is 445 g/mol. The van der Waals surface area contributed by atoms with E-state index in [0.717, 1.165) is 36.1 Å². The molecule has 0 bridgehead atoms. The number of carbonyl (C=O) groups excluding carboxylic acids is 1. The van der Waals surface area contributed by atoms with E-state index >= 15 is 0 Å². The summed E-state index contributed by atoms with van der Waals surface area (Å²) in [5.74, 6) is 0.401. The molecule has 8 heteroatoms. The van der Waals surface area contributed by atoms with Gasteiger partial charge in [0.05, 0.1) is 17.5 Å². The molecule has 2 unspecified atom stereocenters. The fourth-order valence-corrected chi connectivity index (χ4v) is 5.18. The molecule has 1 aliphatic carbocycles. The van der Waals surface area contributed by atoms with Crippen molar-refractivity contribution in [2.75, 3.05) is 5.75 Å². The highest BCUT2D eigenvalue weighted by Crippen LogP contribution is 2.44. The van der Waals surface area contributed by atoms with Gasteiger partial charge in [-0.3, -0.25) is 4.79 Å².